The average Bonchev–Trinajstić information content (AvgIpc) is 3.14. The third-order valence-corrected chi connectivity index (χ3v) is 10.4. The van der Waals surface area contributed by atoms with Crippen LogP contribution in [0.1, 0.15) is 258 Å². The Hall–Kier alpha value is -1.59. The van der Waals surface area contributed by atoms with E-state index in [1.165, 1.54) is 161 Å². The van der Waals surface area contributed by atoms with Gasteiger partial charge in [-0.05, 0) is 19.3 Å². The van der Waals surface area contributed by atoms with Crippen molar-refractivity contribution in [3.8, 4) is 0 Å². The highest BCUT2D eigenvalue weighted by Gasteiger charge is 2.19. The van der Waals surface area contributed by atoms with Gasteiger partial charge in [0, 0.05) is 19.3 Å². The summed E-state index contributed by atoms with van der Waals surface area (Å²) in [6.45, 7) is 6.63. The second kappa shape index (κ2) is 42.2. The standard InChI is InChI=1S/C46H88O6/c1-4-7-10-13-16-19-21-23-25-28-30-33-36-39-45(48)51-42-43(52-46(49)40-37-34-31-26-18-15-12-9-6-3)41-50-44(47)38-35-32-29-27-24-22-20-17-14-11-8-5-2/h43H,4-42H2,1-3H3/t43-/m0/s1. The van der Waals surface area contributed by atoms with E-state index in [1.807, 2.05) is 0 Å². The van der Waals surface area contributed by atoms with Gasteiger partial charge >= 0.3 is 17.9 Å². The normalized spacial score (nSPS) is 11.8. The van der Waals surface area contributed by atoms with E-state index < -0.39 is 6.10 Å². The summed E-state index contributed by atoms with van der Waals surface area (Å²) >= 11 is 0. The highest BCUT2D eigenvalue weighted by atomic mass is 16.6. The summed E-state index contributed by atoms with van der Waals surface area (Å²) in [6, 6.07) is 0. The van der Waals surface area contributed by atoms with Crippen LogP contribution < -0.4 is 0 Å². The first kappa shape index (κ1) is 50.4. The van der Waals surface area contributed by atoms with Gasteiger partial charge in [-0.1, -0.05) is 220 Å². The molecule has 6 heteroatoms. The van der Waals surface area contributed by atoms with E-state index >= 15 is 0 Å². The molecule has 0 N–H and O–H groups in total. The van der Waals surface area contributed by atoms with Gasteiger partial charge in [-0.25, -0.2) is 0 Å². The molecule has 1 atom stereocenters. The molecule has 0 spiro atoms. The van der Waals surface area contributed by atoms with Gasteiger partial charge in [0.05, 0.1) is 0 Å². The molecular weight excluding hydrogens is 648 g/mol. The van der Waals surface area contributed by atoms with Crippen molar-refractivity contribution in [3.63, 3.8) is 0 Å². The third kappa shape index (κ3) is 39.6. The molecule has 0 saturated heterocycles. The summed E-state index contributed by atoms with van der Waals surface area (Å²) in [6.07, 6.45) is 42.2. The zero-order chi connectivity index (χ0) is 38.0. The topological polar surface area (TPSA) is 78.9 Å². The lowest BCUT2D eigenvalue weighted by Gasteiger charge is -2.18. The van der Waals surface area contributed by atoms with Crippen LogP contribution in [0.15, 0.2) is 0 Å². The van der Waals surface area contributed by atoms with E-state index in [0.29, 0.717) is 19.3 Å². The van der Waals surface area contributed by atoms with Crippen LogP contribution in [0.5, 0.6) is 0 Å². The van der Waals surface area contributed by atoms with Gasteiger partial charge in [-0.2, -0.15) is 0 Å². The van der Waals surface area contributed by atoms with E-state index in [-0.39, 0.29) is 31.1 Å². The Morgan fingerprint density at radius 2 is 0.519 bits per heavy atom. The molecule has 0 rings (SSSR count). The van der Waals surface area contributed by atoms with Crippen molar-refractivity contribution in [2.75, 3.05) is 13.2 Å². The largest absolute Gasteiger partial charge is 0.462 e. The van der Waals surface area contributed by atoms with Crippen LogP contribution >= 0.6 is 0 Å². The number of ether oxygens (including phenoxy) is 3. The number of rotatable bonds is 42. The Kier molecular flexibility index (Phi) is 40.9. The Morgan fingerprint density at radius 1 is 0.308 bits per heavy atom. The van der Waals surface area contributed by atoms with Crippen LogP contribution in [-0.4, -0.2) is 37.2 Å². The van der Waals surface area contributed by atoms with Crippen LogP contribution in [0.2, 0.25) is 0 Å². The van der Waals surface area contributed by atoms with Crippen molar-refractivity contribution >= 4 is 17.9 Å². The predicted molar refractivity (Wildman–Crippen MR) is 220 cm³/mol. The molecule has 52 heavy (non-hydrogen) atoms. The minimum Gasteiger partial charge on any atom is -0.462 e. The van der Waals surface area contributed by atoms with E-state index in [0.717, 1.165) is 57.8 Å². The molecule has 0 aromatic heterocycles. The molecule has 0 radical (unpaired) electrons. The van der Waals surface area contributed by atoms with Crippen LogP contribution in [0.3, 0.4) is 0 Å². The Bertz CT molecular complexity index is 768. The molecule has 0 aliphatic rings. The lowest BCUT2D eigenvalue weighted by Crippen LogP contribution is -2.30. The molecule has 0 fully saturated rings. The fraction of sp³-hybridized carbons (Fsp3) is 0.935. The monoisotopic (exact) mass is 737 g/mol. The van der Waals surface area contributed by atoms with E-state index in [1.54, 1.807) is 0 Å². The molecule has 0 aliphatic heterocycles. The molecule has 308 valence electrons. The molecule has 0 aliphatic carbocycles. The summed E-state index contributed by atoms with van der Waals surface area (Å²) in [5.74, 6) is -0.853. The zero-order valence-corrected chi connectivity index (χ0v) is 35.1. The smallest absolute Gasteiger partial charge is 0.306 e. The van der Waals surface area contributed by atoms with Crippen LogP contribution in [-0.2, 0) is 28.6 Å². The van der Waals surface area contributed by atoms with E-state index in [4.69, 9.17) is 14.2 Å². The van der Waals surface area contributed by atoms with Crippen molar-refractivity contribution in [2.24, 2.45) is 0 Å². The van der Waals surface area contributed by atoms with Crippen molar-refractivity contribution in [1.82, 2.24) is 0 Å². The zero-order valence-electron chi connectivity index (χ0n) is 35.1. The first-order valence-electron chi connectivity index (χ1n) is 23.0. The number of unbranched alkanes of at least 4 members (excludes halogenated alkanes) is 31. The lowest BCUT2D eigenvalue weighted by atomic mass is 10.0. The minimum absolute atomic E-state index is 0.0628. The Balaban J connectivity index is 4.29. The maximum absolute atomic E-state index is 12.7. The quantitative estimate of drug-likeness (QED) is 0.0353. The highest BCUT2D eigenvalue weighted by molar-refractivity contribution is 5.71. The van der Waals surface area contributed by atoms with Gasteiger partial charge in [0.2, 0.25) is 0 Å². The second-order valence-electron chi connectivity index (χ2n) is 15.7. The lowest BCUT2D eigenvalue weighted by molar-refractivity contribution is -0.167. The number of hydrogen-bond acceptors (Lipinski definition) is 6. The molecule has 0 heterocycles. The van der Waals surface area contributed by atoms with Gasteiger partial charge in [-0.15, -0.1) is 0 Å². The van der Waals surface area contributed by atoms with Crippen LogP contribution in [0, 0.1) is 0 Å². The van der Waals surface area contributed by atoms with E-state index in [9.17, 15) is 14.4 Å². The number of esters is 3. The maximum atomic E-state index is 12.7. The molecular formula is C46H88O6. The first-order valence-corrected chi connectivity index (χ1v) is 23.0. The molecule has 6 nitrogen and oxygen atoms in total. The Morgan fingerprint density at radius 3 is 0.769 bits per heavy atom. The number of hydrogen-bond donors (Lipinski definition) is 0. The summed E-state index contributed by atoms with van der Waals surface area (Å²) in [7, 11) is 0. The predicted octanol–water partition coefficient (Wildman–Crippen LogP) is 14.5. The van der Waals surface area contributed by atoms with Crippen molar-refractivity contribution in [3.05, 3.63) is 0 Å². The minimum atomic E-state index is -0.757. The first-order chi connectivity index (χ1) is 25.5. The van der Waals surface area contributed by atoms with Gasteiger partial charge in [0.1, 0.15) is 13.2 Å². The maximum Gasteiger partial charge on any atom is 0.306 e. The SMILES string of the molecule is CCCCCCCCCCCCCCCC(=O)OC[C@H](COC(=O)CCCCCCCCCCCCCC)OC(=O)CCCCCCCCCCC. The fourth-order valence-electron chi connectivity index (χ4n) is 6.85. The molecule has 0 unspecified atom stereocenters. The molecule has 0 saturated carbocycles. The van der Waals surface area contributed by atoms with Crippen LogP contribution in [0.4, 0.5) is 0 Å². The molecule has 0 amide bonds. The fourth-order valence-corrected chi connectivity index (χ4v) is 6.85. The molecule has 0 aromatic carbocycles. The summed E-state index contributed by atoms with van der Waals surface area (Å²) in [5.41, 5.74) is 0. The second-order valence-corrected chi connectivity index (χ2v) is 15.7. The van der Waals surface area contributed by atoms with Crippen molar-refractivity contribution < 1.29 is 28.6 Å². The molecule has 0 bridgehead atoms. The van der Waals surface area contributed by atoms with Gasteiger partial charge in [0.25, 0.3) is 0 Å². The Labute approximate surface area is 323 Å². The summed E-state index contributed by atoms with van der Waals surface area (Å²) in [4.78, 5) is 37.6. The summed E-state index contributed by atoms with van der Waals surface area (Å²) < 4.78 is 16.7. The average molecular weight is 737 g/mol. The summed E-state index contributed by atoms with van der Waals surface area (Å²) in [5, 5.41) is 0. The third-order valence-electron chi connectivity index (χ3n) is 10.4. The molecule has 0 aromatic rings. The number of carbonyl (C=O) groups is 3. The van der Waals surface area contributed by atoms with Crippen molar-refractivity contribution in [2.45, 2.75) is 264 Å². The van der Waals surface area contributed by atoms with Gasteiger partial charge in [-0.3, -0.25) is 14.4 Å². The van der Waals surface area contributed by atoms with Crippen LogP contribution in [0.25, 0.3) is 0 Å². The van der Waals surface area contributed by atoms with Crippen molar-refractivity contribution in [1.29, 1.82) is 0 Å². The number of carbonyl (C=O) groups excluding carboxylic acids is 3. The van der Waals surface area contributed by atoms with Gasteiger partial charge in [0.15, 0.2) is 6.10 Å². The highest BCUT2D eigenvalue weighted by Crippen LogP contribution is 2.16. The van der Waals surface area contributed by atoms with E-state index in [2.05, 4.69) is 20.8 Å². The van der Waals surface area contributed by atoms with Gasteiger partial charge < -0.3 is 14.2 Å².